The Kier molecular flexibility index (Phi) is 4.10. The predicted octanol–water partition coefficient (Wildman–Crippen LogP) is 2.66. The van der Waals surface area contributed by atoms with Gasteiger partial charge in [-0.2, -0.15) is 0 Å². The SMILES string of the molecule is Cc1cc(C(=O)NC2(CN)CCCC2)c2c(C(C)C)noc2n1. The Morgan fingerprint density at radius 2 is 2.13 bits per heavy atom. The molecule has 0 bridgehead atoms. The van der Waals surface area contributed by atoms with Crippen molar-refractivity contribution in [1.29, 1.82) is 0 Å². The second kappa shape index (κ2) is 5.92. The molecule has 0 atom stereocenters. The fourth-order valence-corrected chi connectivity index (χ4v) is 3.41. The zero-order chi connectivity index (χ0) is 16.6. The van der Waals surface area contributed by atoms with Crippen LogP contribution in [0.25, 0.3) is 11.1 Å². The van der Waals surface area contributed by atoms with Crippen LogP contribution in [-0.4, -0.2) is 28.1 Å². The van der Waals surface area contributed by atoms with E-state index in [0.29, 0.717) is 23.2 Å². The van der Waals surface area contributed by atoms with Gasteiger partial charge in [-0.3, -0.25) is 4.79 Å². The van der Waals surface area contributed by atoms with Crippen LogP contribution in [-0.2, 0) is 0 Å². The molecular weight excluding hydrogens is 292 g/mol. The highest BCUT2D eigenvalue weighted by atomic mass is 16.5. The number of amides is 1. The zero-order valence-corrected chi connectivity index (χ0v) is 14.0. The second-order valence-electron chi connectivity index (χ2n) is 6.86. The first kappa shape index (κ1) is 15.9. The monoisotopic (exact) mass is 316 g/mol. The van der Waals surface area contributed by atoms with Crippen LogP contribution in [0.1, 0.15) is 67.2 Å². The lowest BCUT2D eigenvalue weighted by molar-refractivity contribution is 0.0904. The maximum absolute atomic E-state index is 12.9. The third kappa shape index (κ3) is 2.83. The molecule has 3 rings (SSSR count). The summed E-state index contributed by atoms with van der Waals surface area (Å²) < 4.78 is 5.34. The molecule has 124 valence electrons. The van der Waals surface area contributed by atoms with Gasteiger partial charge in [-0.15, -0.1) is 0 Å². The van der Waals surface area contributed by atoms with Gasteiger partial charge in [0.05, 0.1) is 22.2 Å². The van der Waals surface area contributed by atoms with Gasteiger partial charge in [-0.25, -0.2) is 4.98 Å². The third-order valence-electron chi connectivity index (χ3n) is 4.72. The summed E-state index contributed by atoms with van der Waals surface area (Å²) in [5.41, 5.74) is 8.17. The molecule has 1 saturated carbocycles. The molecule has 6 heteroatoms. The van der Waals surface area contributed by atoms with Crippen molar-refractivity contribution in [2.24, 2.45) is 5.73 Å². The highest BCUT2D eigenvalue weighted by Gasteiger charge is 2.35. The minimum absolute atomic E-state index is 0.113. The maximum atomic E-state index is 12.9. The van der Waals surface area contributed by atoms with E-state index >= 15 is 0 Å². The Labute approximate surface area is 135 Å². The molecule has 0 radical (unpaired) electrons. The van der Waals surface area contributed by atoms with Gasteiger partial charge in [0.25, 0.3) is 11.6 Å². The van der Waals surface area contributed by atoms with Crippen LogP contribution in [0.2, 0.25) is 0 Å². The molecule has 1 aliphatic carbocycles. The van der Waals surface area contributed by atoms with Crippen LogP contribution in [0.5, 0.6) is 0 Å². The van der Waals surface area contributed by atoms with Crippen molar-refractivity contribution in [3.63, 3.8) is 0 Å². The van der Waals surface area contributed by atoms with Gasteiger partial charge in [0.15, 0.2) is 0 Å². The topological polar surface area (TPSA) is 94.0 Å². The standard InChI is InChI=1S/C17H24N4O2/c1-10(2)14-13-12(8-11(3)19-16(13)23-21-14)15(22)20-17(9-18)6-4-5-7-17/h8,10H,4-7,9,18H2,1-3H3,(H,20,22). The summed E-state index contributed by atoms with van der Waals surface area (Å²) in [7, 11) is 0. The fraction of sp³-hybridized carbons (Fsp3) is 0.588. The maximum Gasteiger partial charge on any atom is 0.259 e. The molecule has 3 N–H and O–H groups in total. The molecule has 0 spiro atoms. The van der Waals surface area contributed by atoms with E-state index in [1.165, 1.54) is 0 Å². The van der Waals surface area contributed by atoms with Gasteiger partial charge in [0.2, 0.25) is 0 Å². The number of fused-ring (bicyclic) bond motifs is 1. The van der Waals surface area contributed by atoms with Crippen molar-refractivity contribution in [1.82, 2.24) is 15.5 Å². The zero-order valence-electron chi connectivity index (χ0n) is 14.0. The number of nitrogens with zero attached hydrogens (tertiary/aromatic N) is 2. The molecule has 6 nitrogen and oxygen atoms in total. The van der Waals surface area contributed by atoms with Crippen LogP contribution in [0.3, 0.4) is 0 Å². The number of aryl methyl sites for hydroxylation is 1. The number of hydrogen-bond acceptors (Lipinski definition) is 5. The van der Waals surface area contributed by atoms with Crippen molar-refractivity contribution < 1.29 is 9.32 Å². The molecule has 0 unspecified atom stereocenters. The van der Waals surface area contributed by atoms with Gasteiger partial charge in [0.1, 0.15) is 0 Å². The number of rotatable bonds is 4. The van der Waals surface area contributed by atoms with Gasteiger partial charge in [-0.05, 0) is 31.7 Å². The first-order chi connectivity index (χ1) is 11.0. The second-order valence-corrected chi connectivity index (χ2v) is 6.86. The van der Waals surface area contributed by atoms with Crippen molar-refractivity contribution in [3.05, 3.63) is 23.0 Å². The number of carbonyl (C=O) groups excluding carboxylic acids is 1. The fourth-order valence-electron chi connectivity index (χ4n) is 3.41. The van der Waals surface area contributed by atoms with E-state index in [1.807, 2.05) is 20.8 Å². The summed E-state index contributed by atoms with van der Waals surface area (Å²) in [6.07, 6.45) is 4.08. The van der Waals surface area contributed by atoms with Crippen molar-refractivity contribution in [3.8, 4) is 0 Å². The highest BCUT2D eigenvalue weighted by Crippen LogP contribution is 2.31. The Morgan fingerprint density at radius 1 is 1.43 bits per heavy atom. The van der Waals surface area contributed by atoms with Crippen LogP contribution in [0.15, 0.2) is 10.6 Å². The molecule has 0 aliphatic heterocycles. The normalized spacial score (nSPS) is 17.1. The van der Waals surface area contributed by atoms with Gasteiger partial charge in [0, 0.05) is 12.2 Å². The molecule has 1 aliphatic rings. The first-order valence-corrected chi connectivity index (χ1v) is 8.25. The van der Waals surface area contributed by atoms with E-state index in [4.69, 9.17) is 10.3 Å². The molecule has 0 aromatic carbocycles. The van der Waals surface area contributed by atoms with E-state index in [0.717, 1.165) is 37.1 Å². The van der Waals surface area contributed by atoms with Gasteiger partial charge in [-0.1, -0.05) is 31.8 Å². The van der Waals surface area contributed by atoms with E-state index in [1.54, 1.807) is 6.07 Å². The summed E-state index contributed by atoms with van der Waals surface area (Å²) >= 11 is 0. The Bertz CT molecular complexity index is 730. The van der Waals surface area contributed by atoms with E-state index in [9.17, 15) is 4.79 Å². The van der Waals surface area contributed by atoms with E-state index < -0.39 is 0 Å². The molecule has 2 heterocycles. The molecule has 23 heavy (non-hydrogen) atoms. The molecular formula is C17H24N4O2. The van der Waals surface area contributed by atoms with Crippen LogP contribution < -0.4 is 11.1 Å². The molecule has 0 saturated heterocycles. The molecule has 2 aromatic rings. The minimum atomic E-state index is -0.282. The number of nitrogens with one attached hydrogen (secondary N) is 1. The predicted molar refractivity (Wildman–Crippen MR) is 88.3 cm³/mol. The molecule has 1 amide bonds. The summed E-state index contributed by atoms with van der Waals surface area (Å²) in [4.78, 5) is 17.3. The Balaban J connectivity index is 2.04. The third-order valence-corrected chi connectivity index (χ3v) is 4.72. The lowest BCUT2D eigenvalue weighted by Gasteiger charge is -2.28. The summed E-state index contributed by atoms with van der Waals surface area (Å²) in [6, 6.07) is 1.81. The lowest BCUT2D eigenvalue weighted by atomic mass is 9.96. The highest BCUT2D eigenvalue weighted by molar-refractivity contribution is 6.06. The first-order valence-electron chi connectivity index (χ1n) is 8.25. The molecule has 1 fully saturated rings. The van der Waals surface area contributed by atoms with Gasteiger partial charge < -0.3 is 15.6 Å². The quantitative estimate of drug-likeness (QED) is 0.904. The van der Waals surface area contributed by atoms with Crippen molar-refractivity contribution in [2.45, 2.75) is 57.9 Å². The van der Waals surface area contributed by atoms with Gasteiger partial charge >= 0.3 is 0 Å². The Morgan fingerprint density at radius 3 is 2.74 bits per heavy atom. The number of nitrogens with two attached hydrogens (primary N) is 1. The summed E-state index contributed by atoms with van der Waals surface area (Å²) in [5.74, 6) is 0.0419. The van der Waals surface area contributed by atoms with E-state index in [-0.39, 0.29) is 17.4 Å². The Hall–Kier alpha value is -1.95. The number of aromatic nitrogens is 2. The number of hydrogen-bond donors (Lipinski definition) is 2. The summed E-state index contributed by atoms with van der Waals surface area (Å²) in [6.45, 7) is 6.36. The average molecular weight is 316 g/mol. The lowest BCUT2D eigenvalue weighted by Crippen LogP contribution is -2.51. The largest absolute Gasteiger partial charge is 0.345 e. The van der Waals surface area contributed by atoms with Crippen LogP contribution in [0, 0.1) is 6.92 Å². The minimum Gasteiger partial charge on any atom is -0.345 e. The van der Waals surface area contributed by atoms with Crippen LogP contribution in [0.4, 0.5) is 0 Å². The number of carbonyl (C=O) groups is 1. The van der Waals surface area contributed by atoms with Crippen molar-refractivity contribution >= 4 is 17.0 Å². The van der Waals surface area contributed by atoms with Crippen LogP contribution >= 0.6 is 0 Å². The molecule has 2 aromatic heterocycles. The van der Waals surface area contributed by atoms with E-state index in [2.05, 4.69) is 15.5 Å². The average Bonchev–Trinajstić information content (AvgIpc) is 3.13. The number of pyridine rings is 1. The summed E-state index contributed by atoms with van der Waals surface area (Å²) in [5, 5.41) is 7.99. The van der Waals surface area contributed by atoms with Crippen molar-refractivity contribution in [2.75, 3.05) is 6.54 Å². The smallest absolute Gasteiger partial charge is 0.259 e.